The van der Waals surface area contributed by atoms with E-state index in [4.69, 9.17) is 27.5 Å². The van der Waals surface area contributed by atoms with Crippen molar-refractivity contribution in [1.82, 2.24) is 0 Å². The number of nitro benzene ring substituents is 1. The Bertz CT molecular complexity index is 427. The normalized spacial score (nSPS) is 12.2. The topological polar surface area (TPSA) is 122 Å². The second-order valence-electron chi connectivity index (χ2n) is 3.33. The van der Waals surface area contributed by atoms with Gasteiger partial charge in [0.1, 0.15) is 5.69 Å². The maximum atomic E-state index is 10.6. The molecule has 0 amide bonds. The summed E-state index contributed by atoms with van der Waals surface area (Å²) in [6.07, 6.45) is -0.942. The van der Waals surface area contributed by atoms with E-state index >= 15 is 0 Å². The Morgan fingerprint density at radius 1 is 1.59 bits per heavy atom. The molecule has 0 radical (unpaired) electrons. The molecule has 0 saturated carbocycles. The Morgan fingerprint density at radius 3 is 2.76 bits per heavy atom. The molecule has 8 heteroatoms. The molecule has 0 saturated heterocycles. The second-order valence-corrected chi connectivity index (χ2v) is 3.71. The quantitative estimate of drug-likeness (QED) is 0.350. The van der Waals surface area contributed by atoms with E-state index in [1.807, 2.05) is 0 Å². The van der Waals surface area contributed by atoms with E-state index in [-0.39, 0.29) is 22.9 Å². The highest BCUT2D eigenvalue weighted by atomic mass is 35.5. The minimum absolute atomic E-state index is 0.0179. The van der Waals surface area contributed by atoms with E-state index in [0.717, 1.165) is 0 Å². The van der Waals surface area contributed by atoms with Crippen LogP contribution in [0.5, 0.6) is 0 Å². The van der Waals surface area contributed by atoms with E-state index in [1.54, 1.807) is 0 Å². The van der Waals surface area contributed by atoms with Crippen LogP contribution >= 0.6 is 11.6 Å². The van der Waals surface area contributed by atoms with Gasteiger partial charge in [0.2, 0.25) is 0 Å². The SMILES string of the molecule is Nc1c([N+](=O)[O-])ccc(NCC(O)CO)c1Cl. The number of aliphatic hydroxyl groups excluding tert-OH is 2. The first-order valence-corrected chi connectivity index (χ1v) is 5.10. The summed E-state index contributed by atoms with van der Waals surface area (Å²) in [7, 11) is 0. The zero-order valence-corrected chi connectivity index (χ0v) is 9.52. The summed E-state index contributed by atoms with van der Waals surface area (Å²) in [4.78, 5) is 9.94. The van der Waals surface area contributed by atoms with Crippen LogP contribution in [0.4, 0.5) is 17.1 Å². The molecular formula is C9H12ClN3O4. The summed E-state index contributed by atoms with van der Waals surface area (Å²) in [6.45, 7) is -0.333. The molecule has 0 aliphatic carbocycles. The third-order valence-electron chi connectivity index (χ3n) is 2.09. The number of nitrogen functional groups attached to an aromatic ring is 1. The van der Waals surface area contributed by atoms with Crippen molar-refractivity contribution < 1.29 is 15.1 Å². The van der Waals surface area contributed by atoms with Gasteiger partial charge >= 0.3 is 0 Å². The van der Waals surface area contributed by atoms with Gasteiger partial charge in [-0.05, 0) is 6.07 Å². The van der Waals surface area contributed by atoms with Gasteiger partial charge in [0.25, 0.3) is 5.69 Å². The zero-order chi connectivity index (χ0) is 13.0. The molecule has 7 nitrogen and oxygen atoms in total. The Morgan fingerprint density at radius 2 is 2.24 bits per heavy atom. The van der Waals surface area contributed by atoms with Crippen LogP contribution in [0.15, 0.2) is 12.1 Å². The lowest BCUT2D eigenvalue weighted by atomic mass is 10.2. The molecule has 94 valence electrons. The molecule has 0 fully saturated rings. The Kier molecular flexibility index (Phi) is 4.50. The van der Waals surface area contributed by atoms with E-state index < -0.39 is 17.6 Å². The van der Waals surface area contributed by atoms with Gasteiger partial charge in [-0.15, -0.1) is 0 Å². The predicted octanol–water partition coefficient (Wildman–Crippen LogP) is 0.596. The predicted molar refractivity (Wildman–Crippen MR) is 64.1 cm³/mol. The van der Waals surface area contributed by atoms with Crippen LogP contribution in [0.3, 0.4) is 0 Å². The number of nitrogens with zero attached hydrogens (tertiary/aromatic N) is 1. The van der Waals surface area contributed by atoms with Crippen molar-refractivity contribution >= 4 is 28.7 Å². The van der Waals surface area contributed by atoms with Crippen LogP contribution in [0, 0.1) is 10.1 Å². The van der Waals surface area contributed by atoms with Gasteiger partial charge in [-0.25, -0.2) is 0 Å². The van der Waals surface area contributed by atoms with Gasteiger partial charge in [0, 0.05) is 12.6 Å². The van der Waals surface area contributed by atoms with Crippen LogP contribution in [-0.4, -0.2) is 34.4 Å². The van der Waals surface area contributed by atoms with Gasteiger partial charge in [-0.1, -0.05) is 11.6 Å². The standard InChI is InChI=1S/C9H12ClN3O4/c10-8-6(12-3-5(15)4-14)1-2-7(9(8)11)13(16)17/h1-2,5,12,14-15H,3-4,11H2. The number of aliphatic hydroxyl groups is 2. The van der Waals surface area contributed by atoms with E-state index in [2.05, 4.69) is 5.32 Å². The first-order chi connectivity index (χ1) is 7.97. The molecule has 0 aliphatic heterocycles. The van der Waals surface area contributed by atoms with Crippen LogP contribution < -0.4 is 11.1 Å². The van der Waals surface area contributed by atoms with Crippen LogP contribution in [0.2, 0.25) is 5.02 Å². The van der Waals surface area contributed by atoms with Gasteiger partial charge in [-0.3, -0.25) is 10.1 Å². The van der Waals surface area contributed by atoms with Gasteiger partial charge < -0.3 is 21.3 Å². The molecule has 1 rings (SSSR count). The third kappa shape index (κ3) is 3.19. The molecule has 17 heavy (non-hydrogen) atoms. The molecule has 1 aromatic rings. The molecule has 1 unspecified atom stereocenters. The number of hydrogen-bond donors (Lipinski definition) is 4. The molecule has 0 heterocycles. The van der Waals surface area contributed by atoms with Gasteiger partial charge in [-0.2, -0.15) is 0 Å². The number of anilines is 2. The van der Waals surface area contributed by atoms with Gasteiger partial charge in [0.05, 0.1) is 28.3 Å². The average Bonchev–Trinajstić information content (AvgIpc) is 2.30. The lowest BCUT2D eigenvalue weighted by Crippen LogP contribution is -2.23. The minimum atomic E-state index is -0.942. The number of halogens is 1. The first-order valence-electron chi connectivity index (χ1n) is 4.72. The maximum absolute atomic E-state index is 10.6. The fourth-order valence-corrected chi connectivity index (χ4v) is 1.40. The lowest BCUT2D eigenvalue weighted by Gasteiger charge is -2.12. The van der Waals surface area contributed by atoms with E-state index in [0.29, 0.717) is 5.69 Å². The number of nitrogens with two attached hydrogens (primary N) is 1. The fourth-order valence-electron chi connectivity index (χ4n) is 1.17. The molecule has 5 N–H and O–H groups in total. The van der Waals surface area contributed by atoms with Crippen LogP contribution in [0.1, 0.15) is 0 Å². The summed E-state index contributed by atoms with van der Waals surface area (Å²) < 4.78 is 0. The van der Waals surface area contributed by atoms with Crippen molar-refractivity contribution in [3.05, 3.63) is 27.3 Å². The summed E-state index contributed by atoms with van der Waals surface area (Å²) in [5.41, 5.74) is 5.45. The zero-order valence-electron chi connectivity index (χ0n) is 8.76. The van der Waals surface area contributed by atoms with Crippen molar-refractivity contribution in [3.8, 4) is 0 Å². The maximum Gasteiger partial charge on any atom is 0.293 e. The Labute approximate surface area is 102 Å². The smallest absolute Gasteiger partial charge is 0.293 e. The summed E-state index contributed by atoms with van der Waals surface area (Å²) >= 11 is 5.83. The van der Waals surface area contributed by atoms with Crippen LogP contribution in [-0.2, 0) is 0 Å². The highest BCUT2D eigenvalue weighted by Gasteiger charge is 2.17. The summed E-state index contributed by atoms with van der Waals surface area (Å²) in [6, 6.07) is 2.61. The summed E-state index contributed by atoms with van der Waals surface area (Å²) in [5, 5.41) is 31.1. The molecule has 0 spiro atoms. The van der Waals surface area contributed by atoms with E-state index in [1.165, 1.54) is 12.1 Å². The molecule has 0 aromatic heterocycles. The molecule has 0 bridgehead atoms. The van der Waals surface area contributed by atoms with Crippen molar-refractivity contribution in [2.45, 2.75) is 6.10 Å². The van der Waals surface area contributed by atoms with E-state index in [9.17, 15) is 10.1 Å². The fraction of sp³-hybridized carbons (Fsp3) is 0.333. The minimum Gasteiger partial charge on any atom is -0.394 e. The molecule has 1 atom stereocenters. The number of hydrogen-bond acceptors (Lipinski definition) is 6. The third-order valence-corrected chi connectivity index (χ3v) is 2.50. The van der Waals surface area contributed by atoms with Crippen molar-refractivity contribution in [3.63, 3.8) is 0 Å². The first kappa shape index (κ1) is 13.5. The van der Waals surface area contributed by atoms with Crippen molar-refractivity contribution in [2.75, 3.05) is 24.2 Å². The number of nitrogens with one attached hydrogen (secondary N) is 1. The van der Waals surface area contributed by atoms with Gasteiger partial charge in [0.15, 0.2) is 0 Å². The van der Waals surface area contributed by atoms with Crippen LogP contribution in [0.25, 0.3) is 0 Å². The second kappa shape index (κ2) is 5.67. The highest BCUT2D eigenvalue weighted by Crippen LogP contribution is 2.35. The lowest BCUT2D eigenvalue weighted by molar-refractivity contribution is -0.383. The number of benzene rings is 1. The number of nitro groups is 1. The molecule has 1 aromatic carbocycles. The summed E-state index contributed by atoms with van der Waals surface area (Å²) in [5.74, 6) is 0. The van der Waals surface area contributed by atoms with Crippen molar-refractivity contribution in [1.29, 1.82) is 0 Å². The molecule has 0 aliphatic rings. The highest BCUT2D eigenvalue weighted by molar-refractivity contribution is 6.36. The Balaban J connectivity index is 2.89. The monoisotopic (exact) mass is 261 g/mol. The average molecular weight is 262 g/mol. The molecular weight excluding hydrogens is 250 g/mol. The van der Waals surface area contributed by atoms with Crippen molar-refractivity contribution in [2.24, 2.45) is 0 Å². The Hall–Kier alpha value is -1.57. The number of rotatable bonds is 5. The largest absolute Gasteiger partial charge is 0.394 e.